The average molecular weight is 319 g/mol. The van der Waals surface area contributed by atoms with Crippen LogP contribution in [0.15, 0.2) is 38.3 Å². The molecule has 1 heterocycles. The van der Waals surface area contributed by atoms with Crippen LogP contribution in [-0.2, 0) is 6.42 Å². The number of halogens is 3. The van der Waals surface area contributed by atoms with Gasteiger partial charge in [0.15, 0.2) is 0 Å². The Morgan fingerprint density at radius 3 is 2.75 bits per heavy atom. The van der Waals surface area contributed by atoms with E-state index in [0.717, 1.165) is 28.6 Å². The molecule has 0 atom stereocenters. The summed E-state index contributed by atoms with van der Waals surface area (Å²) >= 11 is 15.6. The van der Waals surface area contributed by atoms with E-state index < -0.39 is 0 Å². The highest BCUT2D eigenvalue weighted by molar-refractivity contribution is 9.10. The van der Waals surface area contributed by atoms with Crippen LogP contribution >= 0.6 is 39.1 Å². The Hall–Kier alpha value is -0.310. The van der Waals surface area contributed by atoms with Crippen LogP contribution in [0.1, 0.15) is 18.9 Å². The fraction of sp³-hybridized carbons (Fsp3) is 0.250. The quantitative estimate of drug-likeness (QED) is 0.625. The third-order valence-electron chi connectivity index (χ3n) is 2.59. The monoisotopic (exact) mass is 317 g/mol. The molecule has 0 aliphatic carbocycles. The minimum atomic E-state index is 0.377. The molecule has 0 bridgehead atoms. The van der Waals surface area contributed by atoms with Crippen LogP contribution in [0.2, 0.25) is 0 Å². The van der Waals surface area contributed by atoms with Crippen molar-refractivity contribution in [2.24, 2.45) is 4.99 Å². The van der Waals surface area contributed by atoms with Crippen molar-refractivity contribution in [1.82, 2.24) is 0 Å². The fourth-order valence-corrected chi connectivity index (χ4v) is 2.42. The first-order valence-corrected chi connectivity index (χ1v) is 6.51. The van der Waals surface area contributed by atoms with Crippen molar-refractivity contribution >= 4 is 50.0 Å². The summed E-state index contributed by atoms with van der Waals surface area (Å²) in [5, 5.41) is 0.956. The molecule has 0 spiro atoms. The van der Waals surface area contributed by atoms with Gasteiger partial charge in [-0.15, -0.1) is 0 Å². The zero-order valence-electron chi connectivity index (χ0n) is 8.73. The van der Waals surface area contributed by atoms with Gasteiger partial charge in [-0.1, -0.05) is 44.7 Å². The molecule has 0 amide bonds. The van der Waals surface area contributed by atoms with Gasteiger partial charge >= 0.3 is 0 Å². The molecular formula is C12H10BrCl2N. The van der Waals surface area contributed by atoms with Gasteiger partial charge in [0.1, 0.15) is 5.17 Å². The summed E-state index contributed by atoms with van der Waals surface area (Å²) in [5.41, 5.74) is 3.18. The summed E-state index contributed by atoms with van der Waals surface area (Å²) in [7, 11) is 0. The molecule has 0 radical (unpaired) electrons. The van der Waals surface area contributed by atoms with Gasteiger partial charge in [0.05, 0.1) is 10.7 Å². The number of nitrogens with zero attached hydrogens (tertiary/aromatic N) is 1. The van der Waals surface area contributed by atoms with E-state index in [1.165, 1.54) is 5.56 Å². The summed E-state index contributed by atoms with van der Waals surface area (Å²) in [6, 6.07) is 5.99. The highest BCUT2D eigenvalue weighted by Gasteiger charge is 2.12. The number of aliphatic imine (C=N–C) groups is 1. The van der Waals surface area contributed by atoms with E-state index in [1.54, 1.807) is 0 Å². The van der Waals surface area contributed by atoms with E-state index in [2.05, 4.69) is 27.0 Å². The minimum absolute atomic E-state index is 0.377. The average Bonchev–Trinajstić information content (AvgIpc) is 2.26. The van der Waals surface area contributed by atoms with Crippen LogP contribution in [0.3, 0.4) is 0 Å². The van der Waals surface area contributed by atoms with Gasteiger partial charge in [-0.3, -0.25) is 0 Å². The highest BCUT2D eigenvalue weighted by Crippen LogP contribution is 2.31. The molecule has 0 N–H and O–H groups in total. The standard InChI is InChI=1S/C12H10BrCl2N/c1-7-2-3-8-6-9(13)4-5-10(8)16-12(15)11(7)14/h4-6H,2-3H2,1H3. The van der Waals surface area contributed by atoms with Gasteiger partial charge < -0.3 is 0 Å². The summed E-state index contributed by atoms with van der Waals surface area (Å²) < 4.78 is 1.06. The maximum atomic E-state index is 6.10. The molecule has 1 nitrogen and oxygen atoms in total. The van der Waals surface area contributed by atoms with Crippen molar-refractivity contribution in [2.75, 3.05) is 0 Å². The topological polar surface area (TPSA) is 12.4 Å². The lowest BCUT2D eigenvalue weighted by atomic mass is 10.0. The van der Waals surface area contributed by atoms with Gasteiger partial charge in [-0.05, 0) is 43.5 Å². The molecule has 0 unspecified atom stereocenters. The molecule has 1 aromatic rings. The first-order chi connectivity index (χ1) is 7.58. The lowest BCUT2D eigenvalue weighted by Crippen LogP contribution is -1.98. The zero-order valence-corrected chi connectivity index (χ0v) is 11.8. The molecule has 1 aliphatic rings. The van der Waals surface area contributed by atoms with E-state index >= 15 is 0 Å². The Labute approximate surface area is 113 Å². The maximum Gasteiger partial charge on any atom is 0.148 e. The largest absolute Gasteiger partial charge is 0.235 e. The van der Waals surface area contributed by atoms with Crippen LogP contribution in [0.5, 0.6) is 0 Å². The van der Waals surface area contributed by atoms with Crippen molar-refractivity contribution in [1.29, 1.82) is 0 Å². The van der Waals surface area contributed by atoms with Crippen molar-refractivity contribution in [3.05, 3.63) is 38.8 Å². The Balaban J connectivity index is 2.54. The SMILES string of the molecule is CC1=C(Cl)C(Cl)=Nc2ccc(Br)cc2CC1. The number of fused-ring (bicyclic) bond motifs is 1. The van der Waals surface area contributed by atoms with E-state index in [4.69, 9.17) is 23.2 Å². The van der Waals surface area contributed by atoms with Gasteiger partial charge in [0, 0.05) is 4.47 Å². The summed E-state index contributed by atoms with van der Waals surface area (Å²) in [5.74, 6) is 0. The molecular weight excluding hydrogens is 309 g/mol. The smallest absolute Gasteiger partial charge is 0.148 e. The molecule has 0 aromatic heterocycles. The van der Waals surface area contributed by atoms with Crippen LogP contribution < -0.4 is 0 Å². The highest BCUT2D eigenvalue weighted by atomic mass is 79.9. The lowest BCUT2D eigenvalue weighted by Gasteiger charge is -2.12. The van der Waals surface area contributed by atoms with Crippen molar-refractivity contribution < 1.29 is 0 Å². The molecule has 0 saturated carbocycles. The molecule has 4 heteroatoms. The van der Waals surface area contributed by atoms with Crippen LogP contribution in [0.4, 0.5) is 5.69 Å². The Morgan fingerprint density at radius 2 is 2.00 bits per heavy atom. The molecule has 0 fully saturated rings. The third-order valence-corrected chi connectivity index (χ3v) is 3.95. The normalized spacial score (nSPS) is 16.4. The van der Waals surface area contributed by atoms with Gasteiger partial charge in [-0.2, -0.15) is 0 Å². The second kappa shape index (κ2) is 4.91. The van der Waals surface area contributed by atoms with Crippen molar-refractivity contribution in [3.63, 3.8) is 0 Å². The van der Waals surface area contributed by atoms with Gasteiger partial charge in [0.25, 0.3) is 0 Å². The Bertz CT molecular complexity index is 492. The van der Waals surface area contributed by atoms with Crippen molar-refractivity contribution in [3.8, 4) is 0 Å². The Morgan fingerprint density at radius 1 is 1.25 bits per heavy atom. The molecule has 16 heavy (non-hydrogen) atoms. The predicted molar refractivity (Wildman–Crippen MR) is 74.0 cm³/mol. The predicted octanol–water partition coefficient (Wildman–Crippen LogP) is 5.18. The molecule has 2 rings (SSSR count). The number of hydrogen-bond acceptors (Lipinski definition) is 1. The third kappa shape index (κ3) is 2.50. The summed E-state index contributed by atoms with van der Waals surface area (Å²) in [4.78, 5) is 4.34. The number of aryl methyl sites for hydroxylation is 1. The van der Waals surface area contributed by atoms with E-state index in [9.17, 15) is 0 Å². The first-order valence-electron chi connectivity index (χ1n) is 4.96. The maximum absolute atomic E-state index is 6.10. The van der Waals surface area contributed by atoms with Gasteiger partial charge in [-0.25, -0.2) is 4.99 Å². The summed E-state index contributed by atoms with van der Waals surface area (Å²) in [6.45, 7) is 1.99. The van der Waals surface area contributed by atoms with E-state index in [1.807, 2.05) is 19.1 Å². The lowest BCUT2D eigenvalue weighted by molar-refractivity contribution is 0.935. The number of rotatable bonds is 0. The van der Waals surface area contributed by atoms with E-state index in [0.29, 0.717) is 10.2 Å². The molecule has 1 aromatic carbocycles. The number of allylic oxidation sites excluding steroid dienone is 2. The van der Waals surface area contributed by atoms with E-state index in [-0.39, 0.29) is 0 Å². The van der Waals surface area contributed by atoms with Crippen LogP contribution in [0, 0.1) is 0 Å². The molecule has 0 saturated heterocycles. The van der Waals surface area contributed by atoms with Gasteiger partial charge in [0.2, 0.25) is 0 Å². The van der Waals surface area contributed by atoms with Crippen LogP contribution in [0.25, 0.3) is 0 Å². The van der Waals surface area contributed by atoms with Crippen LogP contribution in [-0.4, -0.2) is 5.17 Å². The Kier molecular flexibility index (Phi) is 3.73. The minimum Gasteiger partial charge on any atom is -0.235 e. The second-order valence-corrected chi connectivity index (χ2v) is 5.42. The zero-order chi connectivity index (χ0) is 11.7. The molecule has 1 aliphatic heterocycles. The fourth-order valence-electron chi connectivity index (χ4n) is 1.63. The van der Waals surface area contributed by atoms with Crippen molar-refractivity contribution in [2.45, 2.75) is 19.8 Å². The first kappa shape index (κ1) is 12.2. The summed E-state index contributed by atoms with van der Waals surface area (Å²) in [6.07, 6.45) is 1.85. The second-order valence-electron chi connectivity index (χ2n) is 3.77. The molecule has 84 valence electrons. The number of benzene rings is 1. The number of hydrogen-bond donors (Lipinski definition) is 0.